The van der Waals surface area contributed by atoms with Crippen LogP contribution in [0.2, 0.25) is 0 Å². The summed E-state index contributed by atoms with van der Waals surface area (Å²) in [4.78, 5) is 51.1. The minimum absolute atomic E-state index is 0.0218. The van der Waals surface area contributed by atoms with Crippen molar-refractivity contribution in [3.63, 3.8) is 0 Å². The molecule has 2 saturated heterocycles. The van der Waals surface area contributed by atoms with Crippen molar-refractivity contribution in [2.45, 2.75) is 97.6 Å². The number of Topliss-reactive ketones (excluding diaryl/α,β-unsaturated/α-hetero) is 1. The Hall–Kier alpha value is -1.96. The number of methoxy groups -OCH3 is 1. The molecule has 0 radical (unpaired) electrons. The van der Waals surface area contributed by atoms with Crippen LogP contribution < -0.4 is 0 Å². The number of ketones is 1. The third kappa shape index (κ3) is 2.48. The molecule has 0 aromatic heterocycles. The minimum atomic E-state index is -1.09. The number of hydrogen-bond donors (Lipinski definition) is 0. The molecule has 5 aliphatic rings. The van der Waals surface area contributed by atoms with Gasteiger partial charge in [0.1, 0.15) is 17.5 Å². The SMILES string of the molecule is COC(=O)C1OC(=O)C2OC23[C@]2(C)C(OC(C)=O)CC4C(C)(C)C(=O)CC[C@]4(C)C2CC[C@@]13C. The first-order valence-electron chi connectivity index (χ1n) is 12.4. The number of carbonyl (C=O) groups is 4. The summed E-state index contributed by atoms with van der Waals surface area (Å²) >= 11 is 0. The van der Waals surface area contributed by atoms with Crippen LogP contribution in [-0.2, 0) is 38.1 Å². The molecule has 5 rings (SSSR count). The van der Waals surface area contributed by atoms with Crippen LogP contribution in [-0.4, -0.2) is 54.7 Å². The zero-order valence-corrected chi connectivity index (χ0v) is 21.2. The fraction of sp³-hybridized carbons (Fsp3) is 0.846. The standard InChI is InChI=1S/C26H36O8/c1-13(27)32-17-12-15-22(2,3)16(28)9-10-23(15,4)14-8-11-24(5)18(20(29)31-7)33-21(30)19-26(24,34-19)25(14,17)6/h14-15,17-19H,8-12H2,1-7H3/t14?,15?,17?,18?,19?,23-,24+,25+,26?/m1/s1. The number of epoxide rings is 1. The number of ether oxygens (including phenoxy) is 4. The fourth-order valence-electron chi connectivity index (χ4n) is 9.25. The summed E-state index contributed by atoms with van der Waals surface area (Å²) in [6.07, 6.45) is 0.629. The average Bonchev–Trinajstić information content (AvgIpc) is 3.53. The number of fused-ring (bicyclic) bond motifs is 3. The summed E-state index contributed by atoms with van der Waals surface area (Å²) in [5, 5.41) is 0. The van der Waals surface area contributed by atoms with Crippen molar-refractivity contribution in [2.75, 3.05) is 7.11 Å². The van der Waals surface area contributed by atoms with E-state index in [1.165, 1.54) is 14.0 Å². The van der Waals surface area contributed by atoms with Gasteiger partial charge in [-0.1, -0.05) is 34.6 Å². The largest absolute Gasteiger partial charge is 0.466 e. The Balaban J connectivity index is 1.69. The van der Waals surface area contributed by atoms with Crippen LogP contribution in [0.3, 0.4) is 0 Å². The van der Waals surface area contributed by atoms with Gasteiger partial charge in [0, 0.05) is 29.6 Å². The van der Waals surface area contributed by atoms with Crippen LogP contribution in [0.4, 0.5) is 0 Å². The average molecular weight is 477 g/mol. The Kier molecular flexibility index (Phi) is 4.77. The molecular formula is C26H36O8. The topological polar surface area (TPSA) is 108 Å². The summed E-state index contributed by atoms with van der Waals surface area (Å²) in [6, 6.07) is 0. The number of esters is 3. The first-order chi connectivity index (χ1) is 15.7. The molecule has 3 aliphatic carbocycles. The lowest BCUT2D eigenvalue weighted by Crippen LogP contribution is -2.75. The molecule has 188 valence electrons. The minimum Gasteiger partial charge on any atom is -0.466 e. The van der Waals surface area contributed by atoms with E-state index < -0.39 is 58.1 Å². The van der Waals surface area contributed by atoms with Crippen LogP contribution in [0.5, 0.6) is 0 Å². The summed E-state index contributed by atoms with van der Waals surface area (Å²) in [5.41, 5.74) is -3.35. The van der Waals surface area contributed by atoms with Crippen LogP contribution in [0.25, 0.3) is 0 Å². The van der Waals surface area contributed by atoms with Crippen LogP contribution in [0, 0.1) is 33.5 Å². The predicted octanol–water partition coefficient (Wildman–Crippen LogP) is 2.99. The van der Waals surface area contributed by atoms with Crippen molar-refractivity contribution >= 4 is 23.7 Å². The second kappa shape index (κ2) is 6.83. The van der Waals surface area contributed by atoms with Crippen molar-refractivity contribution < 1.29 is 38.1 Å². The second-order valence-corrected chi connectivity index (χ2v) is 12.4. The molecule has 0 amide bonds. The highest BCUT2D eigenvalue weighted by molar-refractivity contribution is 5.88. The zero-order valence-electron chi connectivity index (χ0n) is 21.2. The Morgan fingerprint density at radius 3 is 2.32 bits per heavy atom. The van der Waals surface area contributed by atoms with Crippen molar-refractivity contribution in [1.29, 1.82) is 0 Å². The molecule has 3 saturated carbocycles. The third-order valence-corrected chi connectivity index (χ3v) is 10.9. The van der Waals surface area contributed by atoms with E-state index in [0.29, 0.717) is 19.3 Å². The van der Waals surface area contributed by atoms with Gasteiger partial charge in [-0.25, -0.2) is 9.59 Å². The van der Waals surface area contributed by atoms with E-state index in [9.17, 15) is 19.2 Å². The lowest BCUT2D eigenvalue weighted by molar-refractivity contribution is -0.263. The lowest BCUT2D eigenvalue weighted by Gasteiger charge is -2.69. The zero-order chi connectivity index (χ0) is 25.1. The molecule has 34 heavy (non-hydrogen) atoms. The van der Waals surface area contributed by atoms with Crippen LogP contribution in [0.15, 0.2) is 0 Å². The Bertz CT molecular complexity index is 987. The number of cyclic esters (lactones) is 1. The van der Waals surface area contributed by atoms with Gasteiger partial charge in [0.15, 0.2) is 6.10 Å². The molecular weight excluding hydrogens is 440 g/mol. The molecule has 2 heterocycles. The predicted molar refractivity (Wildman–Crippen MR) is 118 cm³/mol. The lowest BCUT2D eigenvalue weighted by atomic mass is 9.35. The monoisotopic (exact) mass is 476 g/mol. The number of carbonyl (C=O) groups excluding carboxylic acids is 4. The maximum absolute atomic E-state index is 13.0. The highest BCUT2D eigenvalue weighted by atomic mass is 16.7. The van der Waals surface area contributed by atoms with Gasteiger partial charge in [-0.15, -0.1) is 0 Å². The van der Waals surface area contributed by atoms with E-state index in [1.54, 1.807) is 0 Å². The van der Waals surface area contributed by atoms with Gasteiger partial charge < -0.3 is 18.9 Å². The van der Waals surface area contributed by atoms with E-state index in [0.717, 1.165) is 12.8 Å². The third-order valence-electron chi connectivity index (χ3n) is 10.9. The van der Waals surface area contributed by atoms with Crippen molar-refractivity contribution in [1.82, 2.24) is 0 Å². The highest BCUT2D eigenvalue weighted by Gasteiger charge is 2.89. The van der Waals surface area contributed by atoms with Gasteiger partial charge >= 0.3 is 17.9 Å². The second-order valence-electron chi connectivity index (χ2n) is 12.4. The Labute approximate surface area is 200 Å². The first kappa shape index (κ1) is 23.8. The van der Waals surface area contributed by atoms with Gasteiger partial charge in [-0.05, 0) is 42.9 Å². The van der Waals surface area contributed by atoms with Crippen molar-refractivity contribution in [3.05, 3.63) is 0 Å². The quantitative estimate of drug-likeness (QED) is 0.340. The molecule has 8 heteroatoms. The summed E-state index contributed by atoms with van der Waals surface area (Å²) in [7, 11) is 1.29. The van der Waals surface area contributed by atoms with Gasteiger partial charge in [0.05, 0.1) is 7.11 Å². The first-order valence-corrected chi connectivity index (χ1v) is 12.4. The molecule has 0 aromatic rings. The molecule has 6 unspecified atom stereocenters. The Morgan fingerprint density at radius 1 is 1.03 bits per heavy atom. The summed E-state index contributed by atoms with van der Waals surface area (Å²) in [5.74, 6) is -1.28. The van der Waals surface area contributed by atoms with E-state index in [1.807, 2.05) is 20.8 Å². The molecule has 0 aromatic carbocycles. The van der Waals surface area contributed by atoms with E-state index in [4.69, 9.17) is 18.9 Å². The summed E-state index contributed by atoms with van der Waals surface area (Å²) < 4.78 is 23.0. The maximum atomic E-state index is 13.0. The van der Waals surface area contributed by atoms with Gasteiger partial charge in [0.25, 0.3) is 0 Å². The normalized spacial score (nSPS) is 50.5. The molecule has 0 bridgehead atoms. The summed E-state index contributed by atoms with van der Waals surface area (Å²) in [6.45, 7) is 11.7. The smallest absolute Gasteiger partial charge is 0.347 e. The fourth-order valence-corrected chi connectivity index (χ4v) is 9.25. The number of rotatable bonds is 2. The molecule has 0 N–H and O–H groups in total. The Morgan fingerprint density at radius 2 is 1.71 bits per heavy atom. The van der Waals surface area contributed by atoms with Crippen LogP contribution >= 0.6 is 0 Å². The number of hydrogen-bond acceptors (Lipinski definition) is 8. The highest BCUT2D eigenvalue weighted by Crippen LogP contribution is 2.78. The molecule has 9 atom stereocenters. The van der Waals surface area contributed by atoms with E-state index >= 15 is 0 Å². The molecule has 5 fully saturated rings. The maximum Gasteiger partial charge on any atom is 0.347 e. The van der Waals surface area contributed by atoms with Gasteiger partial charge in [0.2, 0.25) is 6.10 Å². The molecule has 8 nitrogen and oxygen atoms in total. The van der Waals surface area contributed by atoms with Crippen molar-refractivity contribution in [3.8, 4) is 0 Å². The van der Waals surface area contributed by atoms with Gasteiger partial charge in [-0.3, -0.25) is 9.59 Å². The molecule has 2 aliphatic heterocycles. The van der Waals surface area contributed by atoms with Crippen molar-refractivity contribution in [2.24, 2.45) is 33.5 Å². The van der Waals surface area contributed by atoms with E-state index in [2.05, 4.69) is 13.8 Å². The van der Waals surface area contributed by atoms with E-state index in [-0.39, 0.29) is 23.0 Å². The van der Waals surface area contributed by atoms with Gasteiger partial charge in [-0.2, -0.15) is 0 Å². The van der Waals surface area contributed by atoms with Crippen LogP contribution in [0.1, 0.15) is 73.6 Å². The molecule has 1 spiro atoms.